The lowest BCUT2D eigenvalue weighted by Crippen LogP contribution is -2.28. The molecule has 4 nitrogen and oxygen atoms in total. The van der Waals surface area contributed by atoms with E-state index >= 15 is 0 Å². The highest BCUT2D eigenvalue weighted by atomic mass is 15.2. The number of nitrogens with zero attached hydrogens (tertiary/aromatic N) is 4. The van der Waals surface area contributed by atoms with Crippen LogP contribution in [0.25, 0.3) is 10.4 Å². The number of hydrogen-bond acceptors (Lipinski definition) is 2. The maximum atomic E-state index is 8.31. The van der Waals surface area contributed by atoms with E-state index < -0.39 is 0 Å². The monoisotopic (exact) mass is 168 g/mol. The Hall–Kier alpha value is -0.730. The third-order valence-corrected chi connectivity index (χ3v) is 2.53. The predicted octanol–water partition coefficient (Wildman–Crippen LogP) is 2.03. The fourth-order valence-corrected chi connectivity index (χ4v) is 1.62. The number of rotatable bonds is 2. The normalized spacial score (nSPS) is 30.7. The van der Waals surface area contributed by atoms with Gasteiger partial charge in [0.2, 0.25) is 0 Å². The van der Waals surface area contributed by atoms with Crippen LogP contribution in [0.1, 0.15) is 20.8 Å². The molecular weight excluding hydrogens is 152 g/mol. The van der Waals surface area contributed by atoms with E-state index in [2.05, 4.69) is 35.7 Å². The lowest BCUT2D eigenvalue weighted by molar-refractivity contribution is 0.266. The Labute approximate surface area is 73.2 Å². The third-order valence-electron chi connectivity index (χ3n) is 2.53. The second-order valence-corrected chi connectivity index (χ2v) is 3.80. The molecule has 1 aliphatic heterocycles. The first-order chi connectivity index (χ1) is 5.65. The van der Waals surface area contributed by atoms with E-state index in [1.807, 2.05) is 0 Å². The first-order valence-corrected chi connectivity index (χ1v) is 4.43. The molecule has 0 aromatic carbocycles. The fourth-order valence-electron chi connectivity index (χ4n) is 1.62. The minimum Gasteiger partial charge on any atom is -0.300 e. The molecule has 68 valence electrons. The number of hydrogen-bond donors (Lipinski definition) is 0. The third kappa shape index (κ3) is 1.90. The van der Waals surface area contributed by atoms with Crippen LogP contribution in [0.3, 0.4) is 0 Å². The molecule has 0 aromatic heterocycles. The Morgan fingerprint density at radius 2 is 2.17 bits per heavy atom. The summed E-state index contributed by atoms with van der Waals surface area (Å²) >= 11 is 0. The molecule has 4 heteroatoms. The summed E-state index contributed by atoms with van der Waals surface area (Å²) < 4.78 is 0. The molecule has 0 aromatic rings. The van der Waals surface area contributed by atoms with Crippen LogP contribution >= 0.6 is 0 Å². The highest BCUT2D eigenvalue weighted by Gasteiger charge is 2.29. The van der Waals surface area contributed by atoms with E-state index in [9.17, 15) is 0 Å². The molecule has 0 aliphatic carbocycles. The number of likely N-dealkylation sites (tertiary alicyclic amines) is 1. The molecule has 1 rings (SSSR count). The summed E-state index contributed by atoms with van der Waals surface area (Å²) in [6, 6.07) is 0.740. The van der Waals surface area contributed by atoms with Crippen LogP contribution in [0.2, 0.25) is 0 Å². The van der Waals surface area contributed by atoms with E-state index in [4.69, 9.17) is 5.53 Å². The maximum absolute atomic E-state index is 8.31. The summed E-state index contributed by atoms with van der Waals surface area (Å²) in [7, 11) is 0. The fraction of sp³-hybridized carbons (Fsp3) is 1.00. The number of azide groups is 1. The van der Waals surface area contributed by atoms with Gasteiger partial charge in [0, 0.05) is 24.0 Å². The van der Waals surface area contributed by atoms with Crippen molar-refractivity contribution in [1.82, 2.24) is 4.90 Å². The van der Waals surface area contributed by atoms with Crippen molar-refractivity contribution in [3.63, 3.8) is 0 Å². The Morgan fingerprint density at radius 3 is 2.58 bits per heavy atom. The maximum Gasteiger partial charge on any atom is 0.0539 e. The van der Waals surface area contributed by atoms with Crippen molar-refractivity contribution >= 4 is 0 Å². The molecule has 0 spiro atoms. The molecule has 12 heavy (non-hydrogen) atoms. The lowest BCUT2D eigenvalue weighted by atomic mass is 10.1. The zero-order chi connectivity index (χ0) is 9.14. The SMILES string of the molecule is CC(C)N1C[C@H](C)[C@H](N=[N+]=[N-])C1. The predicted molar refractivity (Wildman–Crippen MR) is 48.8 cm³/mol. The highest BCUT2D eigenvalue weighted by Crippen LogP contribution is 2.21. The van der Waals surface area contributed by atoms with Gasteiger partial charge in [0.1, 0.15) is 0 Å². The highest BCUT2D eigenvalue weighted by molar-refractivity contribution is 4.88. The first kappa shape index (κ1) is 9.36. The topological polar surface area (TPSA) is 52.0 Å². The molecule has 1 aliphatic rings. The Kier molecular flexibility index (Phi) is 2.95. The molecule has 2 atom stereocenters. The largest absolute Gasteiger partial charge is 0.300 e. The molecule has 0 saturated carbocycles. The molecule has 0 radical (unpaired) electrons. The van der Waals surface area contributed by atoms with Crippen molar-refractivity contribution < 1.29 is 0 Å². The van der Waals surface area contributed by atoms with Crippen molar-refractivity contribution in [1.29, 1.82) is 0 Å². The Balaban J connectivity index is 2.55. The lowest BCUT2D eigenvalue weighted by Gasteiger charge is -2.19. The van der Waals surface area contributed by atoms with Gasteiger partial charge in [-0.15, -0.1) is 0 Å². The van der Waals surface area contributed by atoms with Gasteiger partial charge in [-0.1, -0.05) is 12.0 Å². The summed E-state index contributed by atoms with van der Waals surface area (Å²) in [5.41, 5.74) is 8.31. The van der Waals surface area contributed by atoms with Gasteiger partial charge in [-0.05, 0) is 25.3 Å². The molecule has 0 unspecified atom stereocenters. The summed E-state index contributed by atoms with van der Waals surface area (Å²) in [4.78, 5) is 5.21. The van der Waals surface area contributed by atoms with E-state index in [-0.39, 0.29) is 6.04 Å². The van der Waals surface area contributed by atoms with E-state index in [1.54, 1.807) is 0 Å². The average molecular weight is 168 g/mol. The molecule has 0 bridgehead atoms. The van der Waals surface area contributed by atoms with Gasteiger partial charge in [0.05, 0.1) is 6.04 Å². The van der Waals surface area contributed by atoms with E-state index in [0.717, 1.165) is 13.1 Å². The summed E-state index contributed by atoms with van der Waals surface area (Å²) in [5.74, 6) is 0.503. The molecular formula is C8H16N4. The van der Waals surface area contributed by atoms with Crippen LogP contribution in [0.4, 0.5) is 0 Å². The average Bonchev–Trinajstić information content (AvgIpc) is 2.34. The van der Waals surface area contributed by atoms with Crippen LogP contribution in [0.15, 0.2) is 5.11 Å². The summed E-state index contributed by atoms with van der Waals surface area (Å²) in [6.07, 6.45) is 0. The van der Waals surface area contributed by atoms with Gasteiger partial charge in [-0.3, -0.25) is 0 Å². The minimum absolute atomic E-state index is 0.178. The van der Waals surface area contributed by atoms with E-state index in [0.29, 0.717) is 12.0 Å². The summed E-state index contributed by atoms with van der Waals surface area (Å²) in [6.45, 7) is 8.46. The zero-order valence-corrected chi connectivity index (χ0v) is 7.94. The van der Waals surface area contributed by atoms with Gasteiger partial charge < -0.3 is 4.90 Å². The second-order valence-electron chi connectivity index (χ2n) is 3.80. The second kappa shape index (κ2) is 3.78. The van der Waals surface area contributed by atoms with Crippen molar-refractivity contribution in [2.45, 2.75) is 32.9 Å². The summed E-state index contributed by atoms with van der Waals surface area (Å²) in [5, 5.41) is 3.78. The van der Waals surface area contributed by atoms with Crippen molar-refractivity contribution in [2.75, 3.05) is 13.1 Å². The molecule has 1 heterocycles. The molecule has 1 fully saturated rings. The zero-order valence-electron chi connectivity index (χ0n) is 7.94. The van der Waals surface area contributed by atoms with Crippen LogP contribution in [-0.4, -0.2) is 30.1 Å². The van der Waals surface area contributed by atoms with Gasteiger partial charge in [-0.2, -0.15) is 0 Å². The molecule has 0 N–H and O–H groups in total. The van der Waals surface area contributed by atoms with Crippen molar-refractivity contribution in [3.8, 4) is 0 Å². The van der Waals surface area contributed by atoms with Gasteiger partial charge in [-0.25, -0.2) is 0 Å². The Bertz CT molecular complexity index is 195. The smallest absolute Gasteiger partial charge is 0.0539 e. The van der Waals surface area contributed by atoms with Crippen molar-refractivity contribution in [3.05, 3.63) is 10.4 Å². The minimum atomic E-state index is 0.178. The van der Waals surface area contributed by atoms with Gasteiger partial charge >= 0.3 is 0 Å². The van der Waals surface area contributed by atoms with Crippen LogP contribution in [0.5, 0.6) is 0 Å². The van der Waals surface area contributed by atoms with Gasteiger partial charge in [0.25, 0.3) is 0 Å². The van der Waals surface area contributed by atoms with Crippen LogP contribution < -0.4 is 0 Å². The van der Waals surface area contributed by atoms with Crippen LogP contribution in [-0.2, 0) is 0 Å². The molecule has 0 amide bonds. The van der Waals surface area contributed by atoms with Gasteiger partial charge in [0.15, 0.2) is 0 Å². The Morgan fingerprint density at radius 1 is 1.50 bits per heavy atom. The quantitative estimate of drug-likeness (QED) is 0.353. The van der Waals surface area contributed by atoms with Crippen LogP contribution in [0, 0.1) is 5.92 Å². The van der Waals surface area contributed by atoms with Crippen molar-refractivity contribution in [2.24, 2.45) is 11.0 Å². The first-order valence-electron chi connectivity index (χ1n) is 4.43. The van der Waals surface area contributed by atoms with E-state index in [1.165, 1.54) is 0 Å². The standard InChI is InChI=1S/C8H16N4/c1-6(2)12-4-7(3)8(5-12)10-11-9/h6-8H,4-5H2,1-3H3/t7-,8+/m0/s1. The molecule has 1 saturated heterocycles.